The molecule has 1 saturated heterocycles. The smallest absolute Gasteiger partial charge is 0.348 e. The quantitative estimate of drug-likeness (QED) is 0.864. The van der Waals surface area contributed by atoms with Crippen molar-refractivity contribution < 1.29 is 28.9 Å². The van der Waals surface area contributed by atoms with Crippen molar-refractivity contribution in [3.63, 3.8) is 0 Å². The second-order valence-electron chi connectivity index (χ2n) is 5.35. The number of hydrogen-bond acceptors (Lipinski definition) is 4. The molecule has 1 aromatic carbocycles. The largest absolute Gasteiger partial charge is 0.478 e. The van der Waals surface area contributed by atoms with Gasteiger partial charge in [-0.15, -0.1) is 0 Å². The fourth-order valence-corrected chi connectivity index (χ4v) is 2.51. The molecule has 0 aliphatic carbocycles. The minimum atomic E-state index is -1.45. The zero-order valence-electron chi connectivity index (χ0n) is 12.2. The summed E-state index contributed by atoms with van der Waals surface area (Å²) in [6.07, 6.45) is 0.204. The van der Waals surface area contributed by atoms with E-state index in [1.165, 1.54) is 23.1 Å². The number of hydrogen-bond donors (Lipinski definition) is 2. The van der Waals surface area contributed by atoms with E-state index in [1.807, 2.05) is 0 Å². The third-order valence-corrected chi connectivity index (χ3v) is 3.89. The van der Waals surface area contributed by atoms with Gasteiger partial charge in [-0.2, -0.15) is 0 Å². The van der Waals surface area contributed by atoms with Gasteiger partial charge in [0.1, 0.15) is 18.2 Å². The Morgan fingerprint density at radius 1 is 1.36 bits per heavy atom. The van der Waals surface area contributed by atoms with Gasteiger partial charge < -0.3 is 19.8 Å². The number of carbonyl (C=O) groups is 2. The highest BCUT2D eigenvalue weighted by molar-refractivity contribution is 5.80. The molecule has 0 aromatic heterocycles. The summed E-state index contributed by atoms with van der Waals surface area (Å²) in [4.78, 5) is 24.5. The summed E-state index contributed by atoms with van der Waals surface area (Å²) >= 11 is 0. The van der Waals surface area contributed by atoms with Crippen LogP contribution in [0.2, 0.25) is 0 Å². The lowest BCUT2D eigenvalue weighted by Gasteiger charge is -2.39. The zero-order chi connectivity index (χ0) is 16.3. The number of aryl methyl sites for hydroxylation is 1. The summed E-state index contributed by atoms with van der Waals surface area (Å²) in [5.41, 5.74) is -0.941. The summed E-state index contributed by atoms with van der Waals surface area (Å²) in [5.74, 6) is -1.66. The second-order valence-corrected chi connectivity index (χ2v) is 5.35. The van der Waals surface area contributed by atoms with Gasteiger partial charge in [-0.3, -0.25) is 4.79 Å². The molecule has 1 aromatic rings. The minimum absolute atomic E-state index is 0.102. The number of carboxylic acid groups (broad SMARTS) is 1. The normalized spacial score (nSPS) is 17.1. The van der Waals surface area contributed by atoms with Gasteiger partial charge in [0, 0.05) is 25.9 Å². The van der Waals surface area contributed by atoms with Crippen LogP contribution in [0.5, 0.6) is 5.75 Å². The lowest BCUT2D eigenvalue weighted by atomic mass is 9.91. The molecule has 0 saturated carbocycles. The Labute approximate surface area is 127 Å². The maximum absolute atomic E-state index is 13.1. The van der Waals surface area contributed by atoms with Crippen LogP contribution in [0, 0.1) is 12.7 Å². The maximum Gasteiger partial charge on any atom is 0.348 e. The van der Waals surface area contributed by atoms with E-state index in [0.29, 0.717) is 11.3 Å². The third-order valence-electron chi connectivity index (χ3n) is 3.89. The lowest BCUT2D eigenvalue weighted by molar-refractivity contribution is -0.162. The molecule has 1 fully saturated rings. The number of aliphatic carboxylic acids is 1. The van der Waals surface area contributed by atoms with Gasteiger partial charge in [0.15, 0.2) is 0 Å². The number of aliphatic hydroxyl groups is 1. The number of ether oxygens (including phenoxy) is 1. The molecule has 0 radical (unpaired) electrons. The number of carboxylic acids is 1. The molecule has 0 unspecified atom stereocenters. The Morgan fingerprint density at radius 2 is 2.00 bits per heavy atom. The van der Waals surface area contributed by atoms with Gasteiger partial charge in [0.05, 0.1) is 0 Å². The van der Waals surface area contributed by atoms with Gasteiger partial charge in [0.25, 0.3) is 0 Å². The molecule has 7 heteroatoms. The average molecular weight is 311 g/mol. The number of piperidine rings is 1. The number of likely N-dealkylation sites (tertiary alicyclic amines) is 1. The molecule has 1 amide bonds. The maximum atomic E-state index is 13.1. The van der Waals surface area contributed by atoms with Gasteiger partial charge in [-0.05, 0) is 30.7 Å². The summed E-state index contributed by atoms with van der Waals surface area (Å²) in [5, 5.41) is 18.4. The van der Waals surface area contributed by atoms with Crippen LogP contribution in [0.1, 0.15) is 18.4 Å². The molecular formula is C15H18FNO5. The number of nitrogens with zero attached hydrogens (tertiary/aromatic N) is 1. The summed E-state index contributed by atoms with van der Waals surface area (Å²) in [6, 6.07) is 3.89. The van der Waals surface area contributed by atoms with E-state index in [0.717, 1.165) is 0 Å². The van der Waals surface area contributed by atoms with Crippen molar-refractivity contribution in [3.8, 4) is 5.75 Å². The third kappa shape index (κ3) is 3.19. The number of aliphatic hydroxyl groups excluding tert-OH is 1. The van der Waals surface area contributed by atoms with Crippen molar-refractivity contribution in [2.24, 2.45) is 0 Å². The van der Waals surface area contributed by atoms with Gasteiger partial charge in [-0.1, -0.05) is 0 Å². The molecule has 120 valence electrons. The van der Waals surface area contributed by atoms with Crippen LogP contribution in [-0.2, 0) is 9.59 Å². The highest BCUT2D eigenvalue weighted by Gasteiger charge is 2.45. The first-order valence-electron chi connectivity index (χ1n) is 6.95. The SMILES string of the molecule is Cc1cc(F)ccc1OC1(C(=O)O)CCN(C(=O)CO)CC1. The first-order chi connectivity index (χ1) is 10.4. The molecule has 2 N–H and O–H groups in total. The second kappa shape index (κ2) is 6.31. The average Bonchev–Trinajstić information content (AvgIpc) is 2.50. The van der Waals surface area contributed by atoms with Crippen LogP contribution in [0.15, 0.2) is 18.2 Å². The zero-order valence-corrected chi connectivity index (χ0v) is 12.2. The highest BCUT2D eigenvalue weighted by atomic mass is 19.1. The fraction of sp³-hybridized carbons (Fsp3) is 0.467. The van der Waals surface area contributed by atoms with E-state index in [1.54, 1.807) is 6.92 Å². The Kier molecular flexibility index (Phi) is 4.65. The molecule has 1 aliphatic rings. The van der Waals surface area contributed by atoms with Crippen molar-refractivity contribution in [1.29, 1.82) is 0 Å². The molecule has 0 atom stereocenters. The van der Waals surface area contributed by atoms with E-state index in [2.05, 4.69) is 0 Å². The highest BCUT2D eigenvalue weighted by Crippen LogP contribution is 2.31. The van der Waals surface area contributed by atoms with E-state index < -0.39 is 29.9 Å². The van der Waals surface area contributed by atoms with Gasteiger partial charge in [0.2, 0.25) is 11.5 Å². The van der Waals surface area contributed by atoms with Gasteiger partial charge >= 0.3 is 5.97 Å². The fourth-order valence-electron chi connectivity index (χ4n) is 2.51. The van der Waals surface area contributed by atoms with E-state index in [9.17, 15) is 19.1 Å². The summed E-state index contributed by atoms with van der Waals surface area (Å²) < 4.78 is 18.8. The van der Waals surface area contributed by atoms with Gasteiger partial charge in [-0.25, -0.2) is 9.18 Å². The summed E-state index contributed by atoms with van der Waals surface area (Å²) in [6.45, 7) is 1.41. The van der Waals surface area contributed by atoms with Crippen molar-refractivity contribution in [2.45, 2.75) is 25.4 Å². The van der Waals surface area contributed by atoms with Crippen LogP contribution in [0.4, 0.5) is 4.39 Å². The number of benzene rings is 1. The number of carbonyl (C=O) groups excluding carboxylic acids is 1. The Hall–Kier alpha value is -2.15. The Balaban J connectivity index is 2.17. The molecule has 1 aliphatic heterocycles. The topological polar surface area (TPSA) is 87.1 Å². The van der Waals surface area contributed by atoms with Crippen molar-refractivity contribution in [1.82, 2.24) is 4.90 Å². The van der Waals surface area contributed by atoms with Crippen LogP contribution in [0.3, 0.4) is 0 Å². The van der Waals surface area contributed by atoms with Crippen molar-refractivity contribution in [3.05, 3.63) is 29.6 Å². The number of halogens is 1. The van der Waals surface area contributed by atoms with Crippen LogP contribution < -0.4 is 4.74 Å². The predicted molar refractivity (Wildman–Crippen MR) is 75.0 cm³/mol. The monoisotopic (exact) mass is 311 g/mol. The molecule has 2 rings (SSSR count). The first-order valence-corrected chi connectivity index (χ1v) is 6.95. The molecule has 1 heterocycles. The van der Waals surface area contributed by atoms with E-state index >= 15 is 0 Å². The van der Waals surface area contributed by atoms with E-state index in [4.69, 9.17) is 9.84 Å². The molecular weight excluding hydrogens is 293 g/mol. The first kappa shape index (κ1) is 16.2. The number of amides is 1. The Bertz CT molecular complexity index is 581. The Morgan fingerprint density at radius 3 is 2.50 bits per heavy atom. The summed E-state index contributed by atoms with van der Waals surface area (Å²) in [7, 11) is 0. The van der Waals surface area contributed by atoms with Crippen LogP contribution in [-0.4, -0.2) is 52.3 Å². The van der Waals surface area contributed by atoms with Crippen LogP contribution in [0.25, 0.3) is 0 Å². The molecule has 0 bridgehead atoms. The van der Waals surface area contributed by atoms with Crippen molar-refractivity contribution in [2.75, 3.05) is 19.7 Å². The molecule has 6 nitrogen and oxygen atoms in total. The molecule has 0 spiro atoms. The number of rotatable bonds is 4. The standard InChI is InChI=1S/C15H18FNO5/c1-10-8-11(16)2-3-12(10)22-15(14(20)21)4-6-17(7-5-15)13(19)9-18/h2-3,8,18H,4-7,9H2,1H3,(H,20,21). The molecule has 22 heavy (non-hydrogen) atoms. The van der Waals surface area contributed by atoms with E-state index in [-0.39, 0.29) is 25.9 Å². The van der Waals surface area contributed by atoms with Crippen LogP contribution >= 0.6 is 0 Å². The minimum Gasteiger partial charge on any atom is -0.478 e. The lowest BCUT2D eigenvalue weighted by Crippen LogP contribution is -2.54. The predicted octanol–water partition coefficient (Wildman–Crippen LogP) is 0.951. The van der Waals surface area contributed by atoms with Crippen molar-refractivity contribution >= 4 is 11.9 Å².